The summed E-state index contributed by atoms with van der Waals surface area (Å²) in [5.41, 5.74) is 0.791. The number of hydrogen-bond donors (Lipinski definition) is 0. The third-order valence-electron chi connectivity index (χ3n) is 3.55. The van der Waals surface area contributed by atoms with Gasteiger partial charge in [-0.15, -0.1) is 0 Å². The van der Waals surface area contributed by atoms with E-state index < -0.39 is 26.4 Å². The highest BCUT2D eigenvalue weighted by Crippen LogP contribution is 2.27. The van der Waals surface area contributed by atoms with E-state index in [0.717, 1.165) is 10.8 Å². The SMILES string of the molecule is CCO[Si](C)(OCC)c1ccc(C2CC(=O)OC2=O)cc1. The first-order valence-electron chi connectivity index (χ1n) is 7.13. The largest absolute Gasteiger partial charge is 0.393 e. The fourth-order valence-electron chi connectivity index (χ4n) is 2.51. The maximum atomic E-state index is 11.6. The Morgan fingerprint density at radius 3 is 2.14 bits per heavy atom. The fraction of sp³-hybridized carbons (Fsp3) is 0.467. The van der Waals surface area contributed by atoms with Crippen LogP contribution < -0.4 is 5.19 Å². The Morgan fingerprint density at radius 2 is 1.71 bits per heavy atom. The number of cyclic esters (lactones) is 2. The molecule has 2 rings (SSSR count). The molecule has 0 spiro atoms. The van der Waals surface area contributed by atoms with Crippen LogP contribution in [0.2, 0.25) is 6.55 Å². The molecule has 1 heterocycles. The summed E-state index contributed by atoms with van der Waals surface area (Å²) in [5, 5.41) is 1.01. The molecule has 1 fully saturated rings. The molecule has 0 aliphatic carbocycles. The Balaban J connectivity index is 2.21. The van der Waals surface area contributed by atoms with Crippen LogP contribution in [0.5, 0.6) is 0 Å². The molecule has 1 atom stereocenters. The molecule has 21 heavy (non-hydrogen) atoms. The Bertz CT molecular complexity index is 519. The zero-order valence-electron chi connectivity index (χ0n) is 12.5. The number of benzene rings is 1. The lowest BCUT2D eigenvalue weighted by atomic mass is 9.98. The second-order valence-corrected chi connectivity index (χ2v) is 8.03. The molecule has 1 aromatic rings. The summed E-state index contributed by atoms with van der Waals surface area (Å²) >= 11 is 0. The summed E-state index contributed by atoms with van der Waals surface area (Å²) < 4.78 is 16.2. The summed E-state index contributed by atoms with van der Waals surface area (Å²) in [7, 11) is -2.40. The third-order valence-corrected chi connectivity index (χ3v) is 6.61. The predicted octanol–water partition coefficient (Wildman–Crippen LogP) is 1.60. The Kier molecular flexibility index (Phi) is 4.92. The highest BCUT2D eigenvalue weighted by Gasteiger charge is 2.36. The second kappa shape index (κ2) is 6.51. The third kappa shape index (κ3) is 3.40. The van der Waals surface area contributed by atoms with Crippen LogP contribution in [0.25, 0.3) is 0 Å². The smallest absolute Gasteiger partial charge is 0.369 e. The maximum Gasteiger partial charge on any atom is 0.369 e. The molecular formula is C15H20O5Si. The quantitative estimate of drug-likeness (QED) is 0.454. The van der Waals surface area contributed by atoms with Gasteiger partial charge in [0.15, 0.2) is 0 Å². The van der Waals surface area contributed by atoms with E-state index >= 15 is 0 Å². The lowest BCUT2D eigenvalue weighted by Gasteiger charge is -2.26. The Labute approximate surface area is 125 Å². The molecule has 1 aliphatic rings. The highest BCUT2D eigenvalue weighted by molar-refractivity contribution is 6.79. The first-order valence-corrected chi connectivity index (χ1v) is 9.44. The van der Waals surface area contributed by atoms with Gasteiger partial charge in [0, 0.05) is 13.2 Å². The summed E-state index contributed by atoms with van der Waals surface area (Å²) in [6.07, 6.45) is 0.115. The normalized spacial score (nSPS) is 18.9. The van der Waals surface area contributed by atoms with Crippen molar-refractivity contribution in [1.29, 1.82) is 0 Å². The van der Waals surface area contributed by atoms with Gasteiger partial charge >= 0.3 is 20.5 Å². The number of rotatable bonds is 6. The molecule has 6 heteroatoms. The van der Waals surface area contributed by atoms with Gasteiger partial charge in [0.05, 0.1) is 12.3 Å². The van der Waals surface area contributed by atoms with Crippen molar-refractivity contribution in [2.75, 3.05) is 13.2 Å². The Hall–Kier alpha value is -1.50. The van der Waals surface area contributed by atoms with Crippen molar-refractivity contribution in [2.24, 2.45) is 0 Å². The maximum absolute atomic E-state index is 11.6. The van der Waals surface area contributed by atoms with Gasteiger partial charge in [-0.3, -0.25) is 9.59 Å². The molecule has 114 valence electrons. The number of carbonyl (C=O) groups excluding carboxylic acids is 2. The number of ether oxygens (including phenoxy) is 1. The monoisotopic (exact) mass is 308 g/mol. The van der Waals surface area contributed by atoms with Crippen molar-refractivity contribution in [3.8, 4) is 0 Å². The standard InChI is InChI=1S/C15H20O5Si/c1-4-18-21(3,19-5-2)12-8-6-11(7-9-12)13-10-14(16)20-15(13)17/h6-9,13H,4-5,10H2,1-3H3. The van der Waals surface area contributed by atoms with Gasteiger partial charge in [-0.1, -0.05) is 24.3 Å². The van der Waals surface area contributed by atoms with Crippen LogP contribution in [0.1, 0.15) is 31.7 Å². The zero-order chi connectivity index (χ0) is 15.5. The molecule has 0 aromatic heterocycles. The molecular weight excluding hydrogens is 288 g/mol. The molecule has 0 radical (unpaired) electrons. The topological polar surface area (TPSA) is 61.8 Å². The van der Waals surface area contributed by atoms with Crippen molar-refractivity contribution in [3.05, 3.63) is 29.8 Å². The van der Waals surface area contributed by atoms with Gasteiger partial charge in [-0.05, 0) is 31.1 Å². The van der Waals surface area contributed by atoms with E-state index in [4.69, 9.17) is 8.85 Å². The van der Waals surface area contributed by atoms with Crippen molar-refractivity contribution in [2.45, 2.75) is 32.7 Å². The van der Waals surface area contributed by atoms with E-state index in [-0.39, 0.29) is 6.42 Å². The van der Waals surface area contributed by atoms with Crippen LogP contribution in [-0.2, 0) is 23.2 Å². The van der Waals surface area contributed by atoms with E-state index in [1.165, 1.54) is 0 Å². The summed E-state index contributed by atoms with van der Waals surface area (Å²) in [5.74, 6) is -1.42. The van der Waals surface area contributed by atoms with Crippen LogP contribution in [0, 0.1) is 0 Å². The molecule has 1 aromatic carbocycles. The molecule has 1 aliphatic heterocycles. The van der Waals surface area contributed by atoms with Crippen molar-refractivity contribution >= 4 is 25.7 Å². The minimum Gasteiger partial charge on any atom is -0.393 e. The average molecular weight is 308 g/mol. The molecule has 5 nitrogen and oxygen atoms in total. The van der Waals surface area contributed by atoms with Crippen LogP contribution in [-0.4, -0.2) is 33.7 Å². The van der Waals surface area contributed by atoms with E-state index in [2.05, 4.69) is 4.74 Å². The van der Waals surface area contributed by atoms with E-state index in [1.54, 1.807) is 0 Å². The summed E-state index contributed by atoms with van der Waals surface area (Å²) in [6.45, 7) is 7.07. The van der Waals surface area contributed by atoms with E-state index in [1.807, 2.05) is 44.7 Å². The first-order chi connectivity index (χ1) is 10.00. The number of hydrogen-bond acceptors (Lipinski definition) is 5. The van der Waals surface area contributed by atoms with Gasteiger partial charge < -0.3 is 13.6 Å². The average Bonchev–Trinajstić information content (AvgIpc) is 2.78. The summed E-state index contributed by atoms with van der Waals surface area (Å²) in [6, 6.07) is 7.54. The molecule has 0 N–H and O–H groups in total. The predicted molar refractivity (Wildman–Crippen MR) is 79.4 cm³/mol. The van der Waals surface area contributed by atoms with Crippen molar-refractivity contribution < 1.29 is 23.2 Å². The highest BCUT2D eigenvalue weighted by atomic mass is 28.4. The van der Waals surface area contributed by atoms with Gasteiger partial charge in [0.2, 0.25) is 0 Å². The van der Waals surface area contributed by atoms with Crippen molar-refractivity contribution in [3.63, 3.8) is 0 Å². The van der Waals surface area contributed by atoms with Gasteiger partial charge in [0.25, 0.3) is 0 Å². The fourth-order valence-corrected chi connectivity index (χ4v) is 4.80. The van der Waals surface area contributed by atoms with E-state index in [9.17, 15) is 9.59 Å². The van der Waals surface area contributed by atoms with Gasteiger partial charge in [0.1, 0.15) is 0 Å². The summed E-state index contributed by atoms with van der Waals surface area (Å²) in [4.78, 5) is 22.7. The zero-order valence-corrected chi connectivity index (χ0v) is 13.5. The van der Waals surface area contributed by atoms with Crippen LogP contribution in [0.15, 0.2) is 24.3 Å². The number of carbonyl (C=O) groups is 2. The molecule has 0 saturated carbocycles. The Morgan fingerprint density at radius 1 is 1.14 bits per heavy atom. The molecule has 0 bridgehead atoms. The van der Waals surface area contributed by atoms with Crippen LogP contribution >= 0.6 is 0 Å². The number of esters is 2. The second-order valence-electron chi connectivity index (χ2n) is 4.98. The molecule has 1 saturated heterocycles. The first kappa shape index (κ1) is 15.9. The van der Waals surface area contributed by atoms with Gasteiger partial charge in [-0.25, -0.2) is 0 Å². The lowest BCUT2D eigenvalue weighted by Crippen LogP contribution is -2.51. The van der Waals surface area contributed by atoms with E-state index in [0.29, 0.717) is 13.2 Å². The minimum absolute atomic E-state index is 0.115. The molecule has 1 unspecified atom stereocenters. The van der Waals surface area contributed by atoms with Gasteiger partial charge in [-0.2, -0.15) is 0 Å². The molecule has 0 amide bonds. The van der Waals surface area contributed by atoms with Crippen molar-refractivity contribution in [1.82, 2.24) is 0 Å². The lowest BCUT2D eigenvalue weighted by molar-refractivity contribution is -0.152. The van der Waals surface area contributed by atoms with Crippen LogP contribution in [0.4, 0.5) is 0 Å². The minimum atomic E-state index is -2.40. The van der Waals surface area contributed by atoms with Crippen LogP contribution in [0.3, 0.4) is 0 Å².